The molecule has 1 aliphatic carbocycles. The van der Waals surface area contributed by atoms with Gasteiger partial charge in [0.15, 0.2) is 0 Å². The van der Waals surface area contributed by atoms with Crippen molar-refractivity contribution >= 4 is 18.0 Å². The van der Waals surface area contributed by atoms with Gasteiger partial charge in [-0.15, -0.1) is 0 Å². The number of aliphatic hydroxyl groups excluding tert-OH is 1. The normalized spacial score (nSPS) is 25.9. The van der Waals surface area contributed by atoms with Crippen LogP contribution in [0.2, 0.25) is 0 Å². The molecule has 0 radical (unpaired) electrons. The molecule has 156 valence electrons. The lowest BCUT2D eigenvalue weighted by atomic mass is 9.60. The van der Waals surface area contributed by atoms with Gasteiger partial charge in [0.1, 0.15) is 0 Å². The van der Waals surface area contributed by atoms with Crippen LogP contribution in [0.25, 0.3) is 6.08 Å². The second-order valence-corrected chi connectivity index (χ2v) is 8.67. The van der Waals surface area contributed by atoms with Crippen molar-refractivity contribution in [2.75, 3.05) is 19.7 Å². The van der Waals surface area contributed by atoms with Crippen molar-refractivity contribution < 1.29 is 14.7 Å². The number of nitrogens with zero attached hydrogens (tertiary/aromatic N) is 2. The van der Waals surface area contributed by atoms with Gasteiger partial charge in [-0.05, 0) is 30.9 Å². The first-order valence-electron chi connectivity index (χ1n) is 10.7. The highest BCUT2D eigenvalue weighted by Gasteiger charge is 2.67. The fourth-order valence-corrected chi connectivity index (χ4v) is 5.62. The first-order valence-corrected chi connectivity index (χ1v) is 10.7. The van der Waals surface area contributed by atoms with Gasteiger partial charge < -0.3 is 20.2 Å². The van der Waals surface area contributed by atoms with Crippen LogP contribution in [-0.2, 0) is 4.79 Å². The average Bonchev–Trinajstić information content (AvgIpc) is 3.14. The van der Waals surface area contributed by atoms with Crippen LogP contribution in [0.3, 0.4) is 0 Å². The van der Waals surface area contributed by atoms with Gasteiger partial charge in [0.05, 0.1) is 18.2 Å². The molecule has 2 heterocycles. The summed E-state index contributed by atoms with van der Waals surface area (Å²) < 4.78 is 0. The molecular weight excluding hydrogens is 366 g/mol. The molecule has 2 N–H and O–H groups in total. The van der Waals surface area contributed by atoms with Crippen LogP contribution in [0.1, 0.15) is 56.6 Å². The van der Waals surface area contributed by atoms with Crippen molar-refractivity contribution in [1.82, 2.24) is 15.1 Å². The predicted octanol–water partition coefficient (Wildman–Crippen LogP) is 2.73. The lowest BCUT2D eigenvalue weighted by Gasteiger charge is -2.70. The number of allylic oxidation sites excluding steroid dienone is 1. The van der Waals surface area contributed by atoms with E-state index in [2.05, 4.69) is 29.6 Å². The number of benzene rings is 1. The number of hydrogen-bond donors (Lipinski definition) is 2. The Hall–Kier alpha value is -2.34. The maximum Gasteiger partial charge on any atom is 0.317 e. The van der Waals surface area contributed by atoms with Gasteiger partial charge in [-0.25, -0.2) is 4.79 Å². The van der Waals surface area contributed by atoms with Gasteiger partial charge in [0.25, 0.3) is 0 Å². The van der Waals surface area contributed by atoms with E-state index < -0.39 is 5.54 Å². The Labute approximate surface area is 172 Å². The maximum absolute atomic E-state index is 12.7. The predicted molar refractivity (Wildman–Crippen MR) is 112 cm³/mol. The van der Waals surface area contributed by atoms with Crippen LogP contribution in [0.15, 0.2) is 30.3 Å². The van der Waals surface area contributed by atoms with E-state index >= 15 is 0 Å². The largest absolute Gasteiger partial charge is 0.394 e. The lowest BCUT2D eigenvalue weighted by molar-refractivity contribution is -0.191. The standard InChI is InChI=1S/C23H31N3O3/c1-3-6-17-9-11-18(12-10-17)21-20(13-27)26(16(2)28)23(21)14-25(15-23)22(29)24-19-7-4-5-8-19/h3,6,9-12,19-21,27H,4-5,7-8,13-15H2,1-2H3,(H,24,29)/b6-3+/t20-,21-/m1/s1. The second kappa shape index (κ2) is 7.82. The molecule has 1 aromatic carbocycles. The highest BCUT2D eigenvalue weighted by molar-refractivity contribution is 5.80. The Kier molecular flexibility index (Phi) is 5.38. The molecule has 3 aliphatic rings. The van der Waals surface area contributed by atoms with Crippen LogP contribution < -0.4 is 5.32 Å². The summed E-state index contributed by atoms with van der Waals surface area (Å²) >= 11 is 0. The molecule has 6 nitrogen and oxygen atoms in total. The molecule has 4 rings (SSSR count). The summed E-state index contributed by atoms with van der Waals surface area (Å²) in [6.45, 7) is 4.50. The molecule has 3 amide bonds. The van der Waals surface area contributed by atoms with E-state index in [0.29, 0.717) is 13.1 Å². The van der Waals surface area contributed by atoms with E-state index in [1.165, 1.54) is 12.8 Å². The summed E-state index contributed by atoms with van der Waals surface area (Å²) in [5, 5.41) is 13.1. The number of aliphatic hydroxyl groups is 1. The number of nitrogens with one attached hydrogen (secondary N) is 1. The monoisotopic (exact) mass is 397 g/mol. The first kappa shape index (κ1) is 20.0. The molecule has 6 heteroatoms. The molecule has 2 saturated heterocycles. The van der Waals surface area contributed by atoms with Gasteiger partial charge in [-0.2, -0.15) is 0 Å². The SMILES string of the molecule is C/C=C/c1ccc([C@@H]2[C@@H](CO)N(C(C)=O)C23CN(C(=O)NC2CCCC2)C3)cc1. The molecule has 29 heavy (non-hydrogen) atoms. The molecular formula is C23H31N3O3. The van der Waals surface area contributed by atoms with Crippen molar-refractivity contribution in [2.24, 2.45) is 0 Å². The third-order valence-corrected chi connectivity index (χ3v) is 6.86. The number of likely N-dealkylation sites (tertiary alicyclic amines) is 2. The van der Waals surface area contributed by atoms with Gasteiger partial charge in [-0.3, -0.25) is 4.79 Å². The van der Waals surface area contributed by atoms with Gasteiger partial charge >= 0.3 is 6.03 Å². The zero-order valence-electron chi connectivity index (χ0n) is 17.3. The lowest BCUT2D eigenvalue weighted by Crippen LogP contribution is -2.86. The minimum Gasteiger partial charge on any atom is -0.394 e. The second-order valence-electron chi connectivity index (χ2n) is 8.67. The Morgan fingerprint density at radius 3 is 2.41 bits per heavy atom. The number of carbonyl (C=O) groups excluding carboxylic acids is 2. The number of carbonyl (C=O) groups is 2. The van der Waals surface area contributed by atoms with E-state index in [0.717, 1.165) is 24.0 Å². The van der Waals surface area contributed by atoms with Crippen molar-refractivity contribution in [2.45, 2.75) is 63.1 Å². The minimum atomic E-state index is -0.408. The highest BCUT2D eigenvalue weighted by atomic mass is 16.3. The third kappa shape index (κ3) is 3.33. The van der Waals surface area contributed by atoms with E-state index in [1.54, 1.807) is 11.8 Å². The Balaban J connectivity index is 1.52. The molecule has 2 atom stereocenters. The molecule has 1 saturated carbocycles. The molecule has 2 aliphatic heterocycles. The Morgan fingerprint density at radius 2 is 1.86 bits per heavy atom. The summed E-state index contributed by atoms with van der Waals surface area (Å²) in [5.41, 5.74) is 1.83. The van der Waals surface area contributed by atoms with Crippen LogP contribution >= 0.6 is 0 Å². The van der Waals surface area contributed by atoms with E-state index in [1.807, 2.05) is 24.0 Å². The first-order chi connectivity index (χ1) is 14.0. The molecule has 3 fully saturated rings. The topological polar surface area (TPSA) is 72.9 Å². The van der Waals surface area contributed by atoms with Crippen molar-refractivity contribution in [3.63, 3.8) is 0 Å². The van der Waals surface area contributed by atoms with Gasteiger partial charge in [0, 0.05) is 32.0 Å². The number of rotatable bonds is 4. The fourth-order valence-electron chi connectivity index (χ4n) is 5.62. The van der Waals surface area contributed by atoms with E-state index in [4.69, 9.17) is 0 Å². The van der Waals surface area contributed by atoms with Gasteiger partial charge in [0.2, 0.25) is 5.91 Å². The molecule has 0 aromatic heterocycles. The van der Waals surface area contributed by atoms with Crippen LogP contribution in [-0.4, -0.2) is 64.2 Å². The zero-order chi connectivity index (χ0) is 20.6. The van der Waals surface area contributed by atoms with E-state index in [-0.39, 0.29) is 36.5 Å². The van der Waals surface area contributed by atoms with E-state index in [9.17, 15) is 14.7 Å². The smallest absolute Gasteiger partial charge is 0.317 e. The van der Waals surface area contributed by atoms with Crippen molar-refractivity contribution in [3.8, 4) is 0 Å². The average molecular weight is 398 g/mol. The summed E-state index contributed by atoms with van der Waals surface area (Å²) in [5.74, 6) is -0.00623. The van der Waals surface area contributed by atoms with Gasteiger partial charge in [-0.1, -0.05) is 49.3 Å². The van der Waals surface area contributed by atoms with Crippen LogP contribution in [0.4, 0.5) is 4.79 Å². The van der Waals surface area contributed by atoms with Crippen LogP contribution in [0, 0.1) is 0 Å². The number of hydrogen-bond acceptors (Lipinski definition) is 3. The third-order valence-electron chi connectivity index (χ3n) is 6.86. The molecule has 1 spiro atoms. The molecule has 0 bridgehead atoms. The van der Waals surface area contributed by atoms with Crippen molar-refractivity contribution in [1.29, 1.82) is 0 Å². The number of amides is 3. The zero-order valence-corrected chi connectivity index (χ0v) is 17.3. The summed E-state index contributed by atoms with van der Waals surface area (Å²) in [4.78, 5) is 28.6. The fraction of sp³-hybridized carbons (Fsp3) is 0.565. The molecule has 1 aromatic rings. The van der Waals surface area contributed by atoms with Crippen molar-refractivity contribution in [3.05, 3.63) is 41.5 Å². The summed E-state index contributed by atoms with van der Waals surface area (Å²) in [6.07, 6.45) is 8.51. The number of urea groups is 1. The maximum atomic E-state index is 12.7. The Morgan fingerprint density at radius 1 is 1.21 bits per heavy atom. The quantitative estimate of drug-likeness (QED) is 0.821. The summed E-state index contributed by atoms with van der Waals surface area (Å²) in [6, 6.07) is 8.32. The minimum absolute atomic E-state index is 0.0272. The Bertz CT molecular complexity index is 792. The van der Waals surface area contributed by atoms with Crippen LogP contribution in [0.5, 0.6) is 0 Å². The summed E-state index contributed by atoms with van der Waals surface area (Å²) in [7, 11) is 0. The highest BCUT2D eigenvalue weighted by Crippen LogP contribution is 2.53. The molecule has 0 unspecified atom stereocenters.